The number of nitrogens with zero attached hydrogens (tertiary/aromatic N) is 3. The highest BCUT2D eigenvalue weighted by atomic mass is 35.5. The Balaban J connectivity index is 2.26. The molecule has 0 unspecified atom stereocenters. The van der Waals surface area contributed by atoms with Gasteiger partial charge in [-0.05, 0) is 42.5 Å². The quantitative estimate of drug-likeness (QED) is 0.765. The van der Waals surface area contributed by atoms with Gasteiger partial charge in [-0.25, -0.2) is 18.3 Å². The van der Waals surface area contributed by atoms with E-state index in [9.17, 15) is 18.7 Å². The van der Waals surface area contributed by atoms with E-state index in [-0.39, 0.29) is 33.2 Å². The minimum Gasteiger partial charge on any atom is -0.476 e. The maximum Gasteiger partial charge on any atom is 0.356 e. The lowest BCUT2D eigenvalue weighted by molar-refractivity contribution is 0.0690. The van der Waals surface area contributed by atoms with Gasteiger partial charge in [-0.15, -0.1) is 0 Å². The fourth-order valence-electron chi connectivity index (χ4n) is 2.31. The van der Waals surface area contributed by atoms with Crippen molar-refractivity contribution in [1.29, 1.82) is 5.26 Å². The Hall–Kier alpha value is -3.24. The molecule has 0 aliphatic rings. The smallest absolute Gasteiger partial charge is 0.356 e. The molecule has 1 aromatic heterocycles. The molecule has 0 spiro atoms. The van der Waals surface area contributed by atoms with Gasteiger partial charge < -0.3 is 5.11 Å². The van der Waals surface area contributed by atoms with Crippen molar-refractivity contribution in [2.75, 3.05) is 0 Å². The van der Waals surface area contributed by atoms with Crippen LogP contribution in [-0.2, 0) is 0 Å². The van der Waals surface area contributed by atoms with Crippen LogP contribution in [0.15, 0.2) is 42.5 Å². The summed E-state index contributed by atoms with van der Waals surface area (Å²) in [5.74, 6) is -2.59. The van der Waals surface area contributed by atoms with Crippen molar-refractivity contribution in [2.24, 2.45) is 0 Å². The molecule has 1 heterocycles. The van der Waals surface area contributed by atoms with Crippen molar-refractivity contribution >= 4 is 17.6 Å². The first kappa shape index (κ1) is 16.6. The van der Waals surface area contributed by atoms with E-state index < -0.39 is 17.6 Å². The fraction of sp³-hybridized carbons (Fsp3) is 0. The van der Waals surface area contributed by atoms with Gasteiger partial charge in [0, 0.05) is 5.56 Å². The van der Waals surface area contributed by atoms with Gasteiger partial charge in [0.15, 0.2) is 5.69 Å². The number of rotatable bonds is 3. The van der Waals surface area contributed by atoms with Gasteiger partial charge in [0.2, 0.25) is 0 Å². The molecular weight excluding hydrogens is 352 g/mol. The van der Waals surface area contributed by atoms with E-state index >= 15 is 0 Å². The molecule has 8 heteroatoms. The first-order valence-corrected chi connectivity index (χ1v) is 7.26. The first-order chi connectivity index (χ1) is 11.9. The topological polar surface area (TPSA) is 78.9 Å². The maximum atomic E-state index is 13.7. The predicted octanol–water partition coefficient (Wildman–Crippen LogP) is 4.04. The number of hydrogen-bond acceptors (Lipinski definition) is 3. The molecule has 0 bridgehead atoms. The zero-order chi connectivity index (χ0) is 18.1. The normalized spacial score (nSPS) is 10.5. The van der Waals surface area contributed by atoms with E-state index in [1.807, 2.05) is 6.07 Å². The van der Waals surface area contributed by atoms with Crippen molar-refractivity contribution in [3.8, 4) is 23.0 Å². The van der Waals surface area contributed by atoms with Crippen LogP contribution in [0, 0.1) is 23.0 Å². The summed E-state index contributed by atoms with van der Waals surface area (Å²) in [6, 6.07) is 10.4. The Kier molecular flexibility index (Phi) is 4.21. The average molecular weight is 360 g/mol. The molecule has 2 aromatic carbocycles. The Morgan fingerprint density at radius 1 is 1.20 bits per heavy atom. The van der Waals surface area contributed by atoms with E-state index in [0.717, 1.165) is 18.2 Å². The van der Waals surface area contributed by atoms with Gasteiger partial charge in [0.05, 0.1) is 28.0 Å². The summed E-state index contributed by atoms with van der Waals surface area (Å²) in [7, 11) is 0. The summed E-state index contributed by atoms with van der Waals surface area (Å²) in [6.45, 7) is 0. The lowest BCUT2D eigenvalue weighted by atomic mass is 10.1. The zero-order valence-corrected chi connectivity index (χ0v) is 13.1. The summed E-state index contributed by atoms with van der Waals surface area (Å²) in [5.41, 5.74) is 0.528. The first-order valence-electron chi connectivity index (χ1n) is 6.89. The minimum atomic E-state index is -1.29. The summed E-state index contributed by atoms with van der Waals surface area (Å²) >= 11 is 5.77. The van der Waals surface area contributed by atoms with E-state index in [1.54, 1.807) is 0 Å². The lowest BCUT2D eigenvalue weighted by Gasteiger charge is -2.09. The number of aromatic carboxylic acids is 1. The molecule has 1 N–H and O–H groups in total. The van der Waals surface area contributed by atoms with E-state index in [0.29, 0.717) is 0 Å². The SMILES string of the molecule is N#Cc1cc(F)cc(-c2cc(C(=O)O)nn2-c2ccc(F)c(Cl)c2)c1. The molecule has 124 valence electrons. The summed E-state index contributed by atoms with van der Waals surface area (Å²) < 4.78 is 28.3. The summed E-state index contributed by atoms with van der Waals surface area (Å²) in [6.07, 6.45) is 0. The molecule has 5 nitrogen and oxygen atoms in total. The molecule has 0 aliphatic carbocycles. The molecule has 0 atom stereocenters. The van der Waals surface area contributed by atoms with Gasteiger partial charge >= 0.3 is 5.97 Å². The van der Waals surface area contributed by atoms with Crippen LogP contribution in [0.25, 0.3) is 16.9 Å². The number of nitriles is 1. The number of carbonyl (C=O) groups is 1. The maximum absolute atomic E-state index is 13.7. The highest BCUT2D eigenvalue weighted by molar-refractivity contribution is 6.30. The number of halogens is 3. The standard InChI is InChI=1S/C17H8ClF2N3O2/c18-13-6-12(1-2-14(13)20)23-16(7-15(22-23)17(24)25)10-3-9(8-21)4-11(19)5-10/h1-7H,(H,24,25). The van der Waals surface area contributed by atoms with Crippen LogP contribution in [0.1, 0.15) is 16.1 Å². The Labute approximate surface area is 145 Å². The summed E-state index contributed by atoms with van der Waals surface area (Å²) in [4.78, 5) is 11.3. The number of carboxylic acid groups (broad SMARTS) is 1. The third-order valence-corrected chi connectivity index (χ3v) is 3.69. The Morgan fingerprint density at radius 3 is 2.60 bits per heavy atom. The van der Waals surface area contributed by atoms with Crippen LogP contribution < -0.4 is 0 Å². The summed E-state index contributed by atoms with van der Waals surface area (Å²) in [5, 5.41) is 21.9. The van der Waals surface area contributed by atoms with Crippen molar-refractivity contribution < 1.29 is 18.7 Å². The van der Waals surface area contributed by atoms with Gasteiger partial charge in [-0.3, -0.25) is 0 Å². The van der Waals surface area contributed by atoms with Crippen LogP contribution in [0.3, 0.4) is 0 Å². The van der Waals surface area contributed by atoms with E-state index in [2.05, 4.69) is 5.10 Å². The molecule has 0 saturated carbocycles. The number of carboxylic acids is 1. The fourth-order valence-corrected chi connectivity index (χ4v) is 2.48. The van der Waals surface area contributed by atoms with Crippen molar-refractivity contribution in [3.63, 3.8) is 0 Å². The predicted molar refractivity (Wildman–Crippen MR) is 85.6 cm³/mol. The van der Waals surface area contributed by atoms with Crippen LogP contribution in [0.2, 0.25) is 5.02 Å². The third kappa shape index (κ3) is 3.20. The lowest BCUT2D eigenvalue weighted by Crippen LogP contribution is -2.03. The van der Waals surface area contributed by atoms with Crippen molar-refractivity contribution in [2.45, 2.75) is 0 Å². The van der Waals surface area contributed by atoms with Gasteiger partial charge in [0.25, 0.3) is 0 Å². The number of hydrogen-bond donors (Lipinski definition) is 1. The zero-order valence-electron chi connectivity index (χ0n) is 12.4. The van der Waals surface area contributed by atoms with Crippen molar-refractivity contribution in [1.82, 2.24) is 9.78 Å². The van der Waals surface area contributed by atoms with Gasteiger partial charge in [-0.2, -0.15) is 10.4 Å². The van der Waals surface area contributed by atoms with Crippen LogP contribution in [0.5, 0.6) is 0 Å². The Morgan fingerprint density at radius 2 is 1.96 bits per heavy atom. The van der Waals surface area contributed by atoms with Crippen LogP contribution in [-0.4, -0.2) is 20.9 Å². The Bertz CT molecular complexity index is 1040. The number of aromatic nitrogens is 2. The average Bonchev–Trinajstić information content (AvgIpc) is 3.02. The second kappa shape index (κ2) is 6.34. The highest BCUT2D eigenvalue weighted by Gasteiger charge is 2.18. The molecule has 25 heavy (non-hydrogen) atoms. The molecule has 0 radical (unpaired) electrons. The molecule has 0 fully saturated rings. The molecule has 0 saturated heterocycles. The largest absolute Gasteiger partial charge is 0.476 e. The van der Waals surface area contributed by atoms with Gasteiger partial charge in [0.1, 0.15) is 11.6 Å². The number of benzene rings is 2. The molecule has 3 rings (SSSR count). The third-order valence-electron chi connectivity index (χ3n) is 3.40. The van der Waals surface area contributed by atoms with Gasteiger partial charge in [-0.1, -0.05) is 11.6 Å². The second-order valence-corrected chi connectivity index (χ2v) is 5.48. The van der Waals surface area contributed by atoms with Crippen molar-refractivity contribution in [3.05, 3.63) is 70.4 Å². The monoisotopic (exact) mass is 359 g/mol. The molecule has 0 amide bonds. The molecule has 0 aliphatic heterocycles. The van der Waals surface area contributed by atoms with Crippen LogP contribution in [0.4, 0.5) is 8.78 Å². The second-order valence-electron chi connectivity index (χ2n) is 5.07. The van der Waals surface area contributed by atoms with E-state index in [1.165, 1.54) is 28.9 Å². The van der Waals surface area contributed by atoms with Crippen LogP contribution >= 0.6 is 11.6 Å². The molecular formula is C17H8ClF2N3O2. The van der Waals surface area contributed by atoms with E-state index in [4.69, 9.17) is 16.9 Å². The molecule has 3 aromatic rings. The highest BCUT2D eigenvalue weighted by Crippen LogP contribution is 2.27. The minimum absolute atomic E-state index is 0.0664.